The van der Waals surface area contributed by atoms with Crippen LogP contribution in [-0.2, 0) is 10.0 Å². The Hall–Kier alpha value is -2.58. The first kappa shape index (κ1) is 20.7. The number of benzene rings is 2. The number of nitrogens with one attached hydrogen (secondary N) is 1. The molecular weight excluding hydrogens is 402 g/mol. The van der Waals surface area contributed by atoms with Crippen LogP contribution in [0.1, 0.15) is 26.7 Å². The highest BCUT2D eigenvalue weighted by molar-refractivity contribution is 7.89. The van der Waals surface area contributed by atoms with Crippen LogP contribution < -0.4 is 14.4 Å². The fraction of sp³-hybridized carbons (Fsp3) is 0.409. The lowest BCUT2D eigenvalue weighted by Crippen LogP contribution is -2.40. The molecule has 0 aliphatic carbocycles. The number of oxazole rings is 1. The minimum atomic E-state index is -3.61. The first-order valence-electron chi connectivity index (χ1n) is 10.3. The Morgan fingerprint density at radius 1 is 1.20 bits per heavy atom. The summed E-state index contributed by atoms with van der Waals surface area (Å²) in [5.74, 6) is 1.08. The molecule has 1 saturated heterocycles. The Labute approximate surface area is 177 Å². The quantitative estimate of drug-likeness (QED) is 0.586. The van der Waals surface area contributed by atoms with Gasteiger partial charge in [-0.15, -0.1) is 0 Å². The van der Waals surface area contributed by atoms with Gasteiger partial charge in [-0.2, -0.15) is 4.98 Å². The van der Waals surface area contributed by atoms with Crippen molar-refractivity contribution in [3.8, 4) is 5.75 Å². The molecule has 1 aromatic heterocycles. The average Bonchev–Trinajstić information content (AvgIpc) is 3.37. The fourth-order valence-corrected chi connectivity index (χ4v) is 4.62. The van der Waals surface area contributed by atoms with Gasteiger partial charge < -0.3 is 14.1 Å². The van der Waals surface area contributed by atoms with Crippen molar-refractivity contribution in [1.82, 2.24) is 9.71 Å². The Morgan fingerprint density at radius 3 is 2.70 bits per heavy atom. The zero-order valence-corrected chi connectivity index (χ0v) is 18.1. The predicted octanol–water partition coefficient (Wildman–Crippen LogP) is 3.81. The van der Waals surface area contributed by atoms with Crippen molar-refractivity contribution in [1.29, 1.82) is 0 Å². The van der Waals surface area contributed by atoms with Crippen LogP contribution in [0.5, 0.6) is 5.75 Å². The van der Waals surface area contributed by atoms with Gasteiger partial charge in [0.15, 0.2) is 5.58 Å². The maximum atomic E-state index is 12.7. The lowest BCUT2D eigenvalue weighted by atomic mass is 10.2. The smallest absolute Gasteiger partial charge is 0.298 e. The van der Waals surface area contributed by atoms with Crippen molar-refractivity contribution < 1.29 is 17.6 Å². The summed E-state index contributed by atoms with van der Waals surface area (Å²) in [5, 5.41) is 0. The van der Waals surface area contributed by atoms with Crippen molar-refractivity contribution in [3.63, 3.8) is 0 Å². The average molecular weight is 430 g/mol. The van der Waals surface area contributed by atoms with Crippen LogP contribution in [0.3, 0.4) is 0 Å². The van der Waals surface area contributed by atoms with Crippen LogP contribution in [0.15, 0.2) is 57.8 Å². The van der Waals surface area contributed by atoms with Crippen LogP contribution >= 0.6 is 0 Å². The monoisotopic (exact) mass is 429 g/mol. The van der Waals surface area contributed by atoms with Crippen molar-refractivity contribution >= 4 is 27.1 Å². The topological polar surface area (TPSA) is 84.7 Å². The second-order valence-corrected chi connectivity index (χ2v) is 9.75. The summed E-state index contributed by atoms with van der Waals surface area (Å²) in [4.78, 5) is 6.83. The zero-order valence-electron chi connectivity index (χ0n) is 17.2. The molecule has 160 valence electrons. The van der Waals surface area contributed by atoms with Gasteiger partial charge >= 0.3 is 0 Å². The van der Waals surface area contributed by atoms with E-state index >= 15 is 0 Å². The SMILES string of the molecule is CC(C)COc1ccc(S(=O)(=O)NCC2CCCN2c2nc3ccccc3o2)cc1. The van der Waals surface area contributed by atoms with Gasteiger partial charge in [0.2, 0.25) is 10.0 Å². The van der Waals surface area contributed by atoms with E-state index in [1.807, 2.05) is 29.2 Å². The van der Waals surface area contributed by atoms with E-state index in [9.17, 15) is 8.42 Å². The number of nitrogens with zero attached hydrogens (tertiary/aromatic N) is 2. The molecule has 1 aliphatic rings. The van der Waals surface area contributed by atoms with Gasteiger partial charge in [-0.25, -0.2) is 13.1 Å². The van der Waals surface area contributed by atoms with E-state index in [1.54, 1.807) is 24.3 Å². The third kappa shape index (κ3) is 4.60. The standard InChI is InChI=1S/C22H27N3O4S/c1-16(2)15-28-18-9-11-19(12-10-18)30(26,27)23-14-17-6-5-13-25(17)22-24-20-7-3-4-8-21(20)29-22/h3-4,7-12,16-17,23H,5-6,13-15H2,1-2H3. The lowest BCUT2D eigenvalue weighted by molar-refractivity contribution is 0.271. The van der Waals surface area contributed by atoms with Crippen LogP contribution in [0.2, 0.25) is 0 Å². The minimum absolute atomic E-state index is 0.00138. The first-order chi connectivity index (χ1) is 14.4. The van der Waals surface area contributed by atoms with E-state index in [2.05, 4.69) is 23.6 Å². The molecule has 1 N–H and O–H groups in total. The third-order valence-electron chi connectivity index (χ3n) is 5.13. The van der Waals surface area contributed by atoms with Gasteiger partial charge in [0.1, 0.15) is 11.3 Å². The van der Waals surface area contributed by atoms with Crippen LogP contribution in [0.4, 0.5) is 6.01 Å². The van der Waals surface area contributed by atoms with Gasteiger partial charge in [0.05, 0.1) is 11.5 Å². The summed E-state index contributed by atoms with van der Waals surface area (Å²) in [7, 11) is -3.61. The molecule has 8 heteroatoms. The summed E-state index contributed by atoms with van der Waals surface area (Å²) < 4.78 is 39.7. The number of aromatic nitrogens is 1. The molecule has 30 heavy (non-hydrogen) atoms. The molecule has 0 radical (unpaired) electrons. The number of anilines is 1. The Bertz CT molecular complexity index is 1060. The highest BCUT2D eigenvalue weighted by atomic mass is 32.2. The van der Waals surface area contributed by atoms with E-state index in [0.717, 1.165) is 30.5 Å². The normalized spacial score (nSPS) is 17.2. The molecule has 2 aromatic carbocycles. The molecule has 1 fully saturated rings. The summed E-state index contributed by atoms with van der Waals surface area (Å²) in [5.41, 5.74) is 1.54. The number of fused-ring (bicyclic) bond motifs is 1. The summed E-state index contributed by atoms with van der Waals surface area (Å²) in [6, 6.07) is 14.7. The van der Waals surface area contributed by atoms with E-state index in [0.29, 0.717) is 30.8 Å². The lowest BCUT2D eigenvalue weighted by Gasteiger charge is -2.23. The highest BCUT2D eigenvalue weighted by Crippen LogP contribution is 2.28. The summed E-state index contributed by atoms with van der Waals surface area (Å²) in [6.07, 6.45) is 1.84. The molecule has 7 nitrogen and oxygen atoms in total. The van der Waals surface area contributed by atoms with Crippen molar-refractivity contribution in [2.24, 2.45) is 5.92 Å². The molecule has 2 heterocycles. The third-order valence-corrected chi connectivity index (χ3v) is 6.57. The predicted molar refractivity (Wildman–Crippen MR) is 116 cm³/mol. The largest absolute Gasteiger partial charge is 0.493 e. The van der Waals surface area contributed by atoms with Gasteiger partial charge in [-0.05, 0) is 55.2 Å². The Balaban J connectivity index is 1.41. The van der Waals surface area contributed by atoms with Crippen LogP contribution in [0, 0.1) is 5.92 Å². The number of hydrogen-bond donors (Lipinski definition) is 1. The number of sulfonamides is 1. The van der Waals surface area contributed by atoms with Gasteiger partial charge in [0.25, 0.3) is 6.01 Å². The van der Waals surface area contributed by atoms with Crippen molar-refractivity contribution in [2.75, 3.05) is 24.6 Å². The summed E-state index contributed by atoms with van der Waals surface area (Å²) >= 11 is 0. The van der Waals surface area contributed by atoms with E-state index < -0.39 is 10.0 Å². The molecule has 3 aromatic rings. The molecule has 1 unspecified atom stereocenters. The molecule has 1 aliphatic heterocycles. The molecule has 0 spiro atoms. The van der Waals surface area contributed by atoms with E-state index in [-0.39, 0.29) is 10.9 Å². The molecule has 1 atom stereocenters. The number of ether oxygens (including phenoxy) is 1. The molecular formula is C22H27N3O4S. The maximum absolute atomic E-state index is 12.7. The second-order valence-electron chi connectivity index (χ2n) is 7.98. The number of hydrogen-bond acceptors (Lipinski definition) is 6. The zero-order chi connectivity index (χ0) is 21.1. The second kappa shape index (κ2) is 8.65. The van der Waals surface area contributed by atoms with E-state index in [1.165, 1.54) is 0 Å². The van der Waals surface area contributed by atoms with E-state index in [4.69, 9.17) is 9.15 Å². The Morgan fingerprint density at radius 2 is 1.97 bits per heavy atom. The van der Waals surface area contributed by atoms with Crippen LogP contribution in [-0.4, -0.2) is 39.1 Å². The minimum Gasteiger partial charge on any atom is -0.493 e. The molecule has 0 amide bonds. The Kier molecular flexibility index (Phi) is 5.97. The number of para-hydroxylation sites is 2. The molecule has 0 bridgehead atoms. The highest BCUT2D eigenvalue weighted by Gasteiger charge is 2.29. The van der Waals surface area contributed by atoms with Gasteiger partial charge in [-0.3, -0.25) is 0 Å². The van der Waals surface area contributed by atoms with Crippen molar-refractivity contribution in [3.05, 3.63) is 48.5 Å². The van der Waals surface area contributed by atoms with Crippen LogP contribution in [0.25, 0.3) is 11.1 Å². The number of rotatable bonds is 8. The molecule has 4 rings (SSSR count). The van der Waals surface area contributed by atoms with Gasteiger partial charge in [-0.1, -0.05) is 26.0 Å². The molecule has 0 saturated carbocycles. The maximum Gasteiger partial charge on any atom is 0.298 e. The summed E-state index contributed by atoms with van der Waals surface area (Å²) in [6.45, 7) is 5.82. The fourth-order valence-electron chi connectivity index (χ4n) is 3.55. The van der Waals surface area contributed by atoms with Gasteiger partial charge in [0, 0.05) is 19.1 Å². The van der Waals surface area contributed by atoms with Crippen molar-refractivity contribution in [2.45, 2.75) is 37.6 Å². The first-order valence-corrected chi connectivity index (χ1v) is 11.8.